The third-order valence-corrected chi connectivity index (χ3v) is 3.86. The predicted octanol–water partition coefficient (Wildman–Crippen LogP) is 5.87. The topological polar surface area (TPSA) is 59.1 Å². The van der Waals surface area contributed by atoms with Crippen LogP contribution in [0, 0.1) is 0 Å². The number of anilines is 3. The molecule has 1 aromatic heterocycles. The van der Waals surface area contributed by atoms with E-state index in [0.717, 1.165) is 11.6 Å². The monoisotopic (exact) mass is 408 g/mol. The van der Waals surface area contributed by atoms with Crippen LogP contribution in [0.25, 0.3) is 11.3 Å². The summed E-state index contributed by atoms with van der Waals surface area (Å²) in [6.07, 6.45) is -4.81. The molecule has 0 fully saturated rings. The maximum Gasteiger partial charge on any atom is 0.573 e. The van der Waals surface area contributed by atoms with Crippen molar-refractivity contribution >= 4 is 29.1 Å². The molecule has 0 saturated carbocycles. The molecule has 3 aromatic rings. The standard InChI is InChI=1S/C19H16ClF3N4O/c1-2-24-18-26-15(12-6-4-3-5-7-12)11-17(27-18)25-13-8-9-16(14(20)10-13)28-19(21,22)23/h3-11H,2H2,1H3,(H2,24,25,26,27). The number of alkyl halides is 3. The van der Waals surface area contributed by atoms with Gasteiger partial charge in [-0.3, -0.25) is 0 Å². The first-order valence-electron chi connectivity index (χ1n) is 8.35. The van der Waals surface area contributed by atoms with Gasteiger partial charge in [-0.05, 0) is 25.1 Å². The quantitative estimate of drug-likeness (QED) is 0.534. The minimum Gasteiger partial charge on any atom is -0.404 e. The number of benzene rings is 2. The molecular weight excluding hydrogens is 393 g/mol. The predicted molar refractivity (Wildman–Crippen MR) is 103 cm³/mol. The third-order valence-electron chi connectivity index (χ3n) is 3.56. The summed E-state index contributed by atoms with van der Waals surface area (Å²) in [5, 5.41) is 5.91. The van der Waals surface area contributed by atoms with Crippen LogP contribution < -0.4 is 15.4 Å². The Morgan fingerprint density at radius 1 is 1.04 bits per heavy atom. The van der Waals surface area contributed by atoms with Crippen LogP contribution >= 0.6 is 11.6 Å². The summed E-state index contributed by atoms with van der Waals surface area (Å²) in [4.78, 5) is 8.84. The van der Waals surface area contributed by atoms with Crippen molar-refractivity contribution in [2.24, 2.45) is 0 Å². The van der Waals surface area contributed by atoms with E-state index < -0.39 is 12.1 Å². The lowest BCUT2D eigenvalue weighted by Gasteiger charge is -2.13. The first-order valence-corrected chi connectivity index (χ1v) is 8.72. The number of nitrogens with one attached hydrogen (secondary N) is 2. The molecule has 0 aliphatic heterocycles. The van der Waals surface area contributed by atoms with Gasteiger partial charge in [0, 0.05) is 23.9 Å². The van der Waals surface area contributed by atoms with E-state index in [-0.39, 0.29) is 5.02 Å². The van der Waals surface area contributed by atoms with Crippen LogP contribution in [0.5, 0.6) is 5.75 Å². The maximum atomic E-state index is 12.4. The number of ether oxygens (including phenoxy) is 1. The van der Waals surface area contributed by atoms with E-state index in [1.54, 1.807) is 6.07 Å². The van der Waals surface area contributed by atoms with Gasteiger partial charge in [0.25, 0.3) is 0 Å². The van der Waals surface area contributed by atoms with Gasteiger partial charge in [-0.15, -0.1) is 13.2 Å². The molecule has 0 saturated heterocycles. The first-order chi connectivity index (χ1) is 13.3. The van der Waals surface area contributed by atoms with Crippen LogP contribution in [0.3, 0.4) is 0 Å². The first kappa shape index (κ1) is 19.8. The Kier molecular flexibility index (Phi) is 5.89. The van der Waals surface area contributed by atoms with Gasteiger partial charge in [-0.25, -0.2) is 4.98 Å². The zero-order chi connectivity index (χ0) is 20.1. The largest absolute Gasteiger partial charge is 0.573 e. The second kappa shape index (κ2) is 8.35. The molecular formula is C19H16ClF3N4O. The molecule has 146 valence electrons. The summed E-state index contributed by atoms with van der Waals surface area (Å²) >= 11 is 5.90. The molecule has 3 rings (SSSR count). The molecule has 0 amide bonds. The minimum atomic E-state index is -4.81. The highest BCUT2D eigenvalue weighted by atomic mass is 35.5. The van der Waals surface area contributed by atoms with E-state index >= 15 is 0 Å². The summed E-state index contributed by atoms with van der Waals surface area (Å²) in [5.41, 5.74) is 2.05. The molecule has 0 atom stereocenters. The van der Waals surface area contributed by atoms with Gasteiger partial charge in [0.15, 0.2) is 0 Å². The summed E-state index contributed by atoms with van der Waals surface area (Å²) in [6.45, 7) is 2.55. The number of rotatable bonds is 6. The highest BCUT2D eigenvalue weighted by Gasteiger charge is 2.32. The van der Waals surface area contributed by atoms with Crippen LogP contribution in [-0.2, 0) is 0 Å². The lowest BCUT2D eigenvalue weighted by atomic mass is 10.1. The van der Waals surface area contributed by atoms with E-state index in [1.807, 2.05) is 37.3 Å². The molecule has 28 heavy (non-hydrogen) atoms. The Morgan fingerprint density at radius 2 is 1.79 bits per heavy atom. The Hall–Kier alpha value is -3.00. The molecule has 2 aromatic carbocycles. The van der Waals surface area contributed by atoms with Gasteiger partial charge >= 0.3 is 6.36 Å². The fourth-order valence-electron chi connectivity index (χ4n) is 2.44. The second-order valence-corrected chi connectivity index (χ2v) is 6.08. The van der Waals surface area contributed by atoms with Gasteiger partial charge in [-0.2, -0.15) is 4.98 Å². The Balaban J connectivity index is 1.89. The zero-order valence-corrected chi connectivity index (χ0v) is 15.5. The Labute approximate surface area is 164 Å². The van der Waals surface area contributed by atoms with Crippen molar-refractivity contribution in [3.63, 3.8) is 0 Å². The van der Waals surface area contributed by atoms with E-state index in [1.165, 1.54) is 12.1 Å². The van der Waals surface area contributed by atoms with Gasteiger partial charge in [0.2, 0.25) is 5.95 Å². The van der Waals surface area contributed by atoms with Crippen molar-refractivity contribution in [3.05, 3.63) is 59.6 Å². The van der Waals surface area contributed by atoms with Crippen molar-refractivity contribution in [1.29, 1.82) is 0 Å². The average molecular weight is 409 g/mol. The Bertz CT molecular complexity index is 952. The van der Waals surface area contributed by atoms with E-state index in [9.17, 15) is 13.2 Å². The van der Waals surface area contributed by atoms with Crippen LogP contribution in [0.15, 0.2) is 54.6 Å². The molecule has 0 aliphatic rings. The molecule has 9 heteroatoms. The fourth-order valence-corrected chi connectivity index (χ4v) is 2.66. The zero-order valence-electron chi connectivity index (χ0n) is 14.7. The van der Waals surface area contributed by atoms with Crippen LogP contribution in [0.4, 0.5) is 30.6 Å². The normalized spacial score (nSPS) is 11.2. The summed E-state index contributed by atoms with van der Waals surface area (Å²) in [5.74, 6) is 0.417. The van der Waals surface area contributed by atoms with Gasteiger partial charge < -0.3 is 15.4 Å². The smallest absolute Gasteiger partial charge is 0.404 e. The Morgan fingerprint density at radius 3 is 2.43 bits per heavy atom. The van der Waals surface area contributed by atoms with Gasteiger partial charge in [0.1, 0.15) is 11.6 Å². The molecule has 0 unspecified atom stereocenters. The molecule has 5 nitrogen and oxygen atoms in total. The lowest BCUT2D eigenvalue weighted by Crippen LogP contribution is -2.17. The number of halogens is 4. The average Bonchev–Trinajstić information content (AvgIpc) is 2.64. The fraction of sp³-hybridized carbons (Fsp3) is 0.158. The van der Waals surface area contributed by atoms with Crippen molar-refractivity contribution in [3.8, 4) is 17.0 Å². The molecule has 0 radical (unpaired) electrons. The second-order valence-electron chi connectivity index (χ2n) is 5.68. The molecule has 2 N–H and O–H groups in total. The summed E-state index contributed by atoms with van der Waals surface area (Å²) < 4.78 is 41.0. The minimum absolute atomic E-state index is 0.174. The van der Waals surface area contributed by atoms with Crippen LogP contribution in [0.1, 0.15) is 6.92 Å². The molecule has 0 spiro atoms. The van der Waals surface area contributed by atoms with E-state index in [4.69, 9.17) is 11.6 Å². The summed E-state index contributed by atoms with van der Waals surface area (Å²) in [7, 11) is 0. The maximum absolute atomic E-state index is 12.4. The van der Waals surface area contributed by atoms with Crippen molar-refractivity contribution < 1.29 is 17.9 Å². The number of hydrogen-bond donors (Lipinski definition) is 2. The SMILES string of the molecule is CCNc1nc(Nc2ccc(OC(F)(F)F)c(Cl)c2)cc(-c2ccccc2)n1. The van der Waals surface area contributed by atoms with Gasteiger partial charge in [0.05, 0.1) is 10.7 Å². The third kappa shape index (κ3) is 5.26. The summed E-state index contributed by atoms with van der Waals surface area (Å²) in [6, 6.07) is 15.2. The van der Waals surface area contributed by atoms with E-state index in [2.05, 4.69) is 25.3 Å². The van der Waals surface area contributed by atoms with Crippen LogP contribution in [-0.4, -0.2) is 22.9 Å². The number of nitrogens with zero attached hydrogens (tertiary/aromatic N) is 2. The highest BCUT2D eigenvalue weighted by Crippen LogP contribution is 2.33. The molecule has 1 heterocycles. The number of aromatic nitrogens is 2. The number of hydrogen-bond acceptors (Lipinski definition) is 5. The lowest BCUT2D eigenvalue weighted by molar-refractivity contribution is -0.274. The van der Waals surface area contributed by atoms with E-state index in [0.29, 0.717) is 29.7 Å². The van der Waals surface area contributed by atoms with Gasteiger partial charge in [-0.1, -0.05) is 41.9 Å². The van der Waals surface area contributed by atoms with Crippen LogP contribution in [0.2, 0.25) is 5.02 Å². The highest BCUT2D eigenvalue weighted by molar-refractivity contribution is 6.32. The molecule has 0 aliphatic carbocycles. The molecule has 0 bridgehead atoms. The van der Waals surface area contributed by atoms with Crippen molar-refractivity contribution in [2.75, 3.05) is 17.2 Å². The van der Waals surface area contributed by atoms with Crippen molar-refractivity contribution in [2.45, 2.75) is 13.3 Å². The van der Waals surface area contributed by atoms with Crippen molar-refractivity contribution in [1.82, 2.24) is 9.97 Å².